The molecule has 2 aromatic rings. The Kier molecular flexibility index (Phi) is 5.60. The van der Waals surface area contributed by atoms with E-state index in [0.717, 1.165) is 16.1 Å². The smallest absolute Gasteiger partial charge is 0.338 e. The summed E-state index contributed by atoms with van der Waals surface area (Å²) in [5.41, 5.74) is 1.30. The highest BCUT2D eigenvalue weighted by molar-refractivity contribution is 7.78. The van der Waals surface area contributed by atoms with Gasteiger partial charge < -0.3 is 4.74 Å². The first-order valence-corrected chi connectivity index (χ1v) is 9.11. The molecule has 1 heterocycles. The number of halogens is 2. The number of alkyl halides is 2. The summed E-state index contributed by atoms with van der Waals surface area (Å²) in [5, 5.41) is 7.35. The molecule has 0 amide bonds. The molecule has 1 unspecified atom stereocenters. The molecule has 0 aliphatic heterocycles. The summed E-state index contributed by atoms with van der Waals surface area (Å²) in [6.45, 7) is 2.03. The summed E-state index contributed by atoms with van der Waals surface area (Å²) in [4.78, 5) is 11.7. The van der Waals surface area contributed by atoms with Crippen LogP contribution in [0, 0.1) is 5.92 Å². The van der Waals surface area contributed by atoms with Crippen LogP contribution >= 0.6 is 12.8 Å². The molecule has 1 aromatic carbocycles. The van der Waals surface area contributed by atoms with Crippen LogP contribution in [0.3, 0.4) is 0 Å². The fourth-order valence-electron chi connectivity index (χ4n) is 3.33. The van der Waals surface area contributed by atoms with E-state index in [-0.39, 0.29) is 12.1 Å². The zero-order valence-electron chi connectivity index (χ0n) is 14.5. The standard InChI is InChI=1S/C18H21F2N3O2S/c1-2-25-17(24)13-9-7-12(8-10-13)11-14-5-3-4-6-15-16(18(14,19)20)21-22-23(15)26/h7-10,14,26H,2-6,11H2,1H3. The van der Waals surface area contributed by atoms with Gasteiger partial charge in [-0.3, -0.25) is 0 Å². The Morgan fingerprint density at radius 2 is 2.08 bits per heavy atom. The lowest BCUT2D eigenvalue weighted by Crippen LogP contribution is -2.30. The Bertz CT molecular complexity index is 777. The average molecular weight is 381 g/mol. The fraction of sp³-hybridized carbons (Fsp3) is 0.500. The number of nitrogens with zero attached hydrogens (tertiary/aromatic N) is 3. The molecule has 1 aromatic heterocycles. The van der Waals surface area contributed by atoms with Crippen LogP contribution in [0.2, 0.25) is 0 Å². The number of esters is 1. The van der Waals surface area contributed by atoms with Crippen LogP contribution < -0.4 is 0 Å². The van der Waals surface area contributed by atoms with Gasteiger partial charge in [-0.1, -0.05) is 23.8 Å². The normalized spacial score (nSPS) is 19.3. The predicted molar refractivity (Wildman–Crippen MR) is 95.4 cm³/mol. The molecule has 0 fully saturated rings. The van der Waals surface area contributed by atoms with Gasteiger partial charge in [0.25, 0.3) is 5.92 Å². The lowest BCUT2D eigenvalue weighted by atomic mass is 9.84. The van der Waals surface area contributed by atoms with E-state index in [2.05, 4.69) is 23.1 Å². The first-order valence-electron chi connectivity index (χ1n) is 8.71. The molecule has 0 saturated heterocycles. The summed E-state index contributed by atoms with van der Waals surface area (Å²) in [6.07, 6.45) is 2.62. The van der Waals surface area contributed by atoms with Crippen LogP contribution in [0.25, 0.3) is 0 Å². The van der Waals surface area contributed by atoms with Crippen molar-refractivity contribution in [2.24, 2.45) is 5.92 Å². The van der Waals surface area contributed by atoms with Crippen LogP contribution in [0.4, 0.5) is 8.78 Å². The van der Waals surface area contributed by atoms with Gasteiger partial charge in [0.05, 0.1) is 17.9 Å². The molecule has 1 atom stereocenters. The van der Waals surface area contributed by atoms with Crippen molar-refractivity contribution in [2.45, 2.75) is 45.0 Å². The van der Waals surface area contributed by atoms with Crippen molar-refractivity contribution in [3.05, 3.63) is 46.8 Å². The van der Waals surface area contributed by atoms with Gasteiger partial charge in [-0.2, -0.15) is 12.9 Å². The maximum Gasteiger partial charge on any atom is 0.338 e. The van der Waals surface area contributed by atoms with E-state index in [4.69, 9.17) is 4.74 Å². The molecule has 1 aliphatic carbocycles. The van der Waals surface area contributed by atoms with E-state index in [1.54, 1.807) is 31.2 Å². The average Bonchev–Trinajstić information content (AvgIpc) is 2.98. The minimum atomic E-state index is -3.07. The maximum atomic E-state index is 15.1. The highest BCUT2D eigenvalue weighted by atomic mass is 32.1. The highest BCUT2D eigenvalue weighted by Gasteiger charge is 2.46. The van der Waals surface area contributed by atoms with Gasteiger partial charge >= 0.3 is 5.97 Å². The number of carbonyl (C=O) groups is 1. The third kappa shape index (κ3) is 3.75. The number of benzene rings is 1. The number of thiol groups is 1. The zero-order chi connectivity index (χ0) is 18.7. The van der Waals surface area contributed by atoms with Gasteiger partial charge in [-0.15, -0.1) is 5.10 Å². The summed E-state index contributed by atoms with van der Waals surface area (Å²) < 4.78 is 36.3. The van der Waals surface area contributed by atoms with Gasteiger partial charge in [0.15, 0.2) is 5.69 Å². The molecule has 0 saturated carbocycles. The van der Waals surface area contributed by atoms with Gasteiger partial charge in [0, 0.05) is 5.92 Å². The minimum absolute atomic E-state index is 0.203. The Morgan fingerprint density at radius 1 is 1.35 bits per heavy atom. The van der Waals surface area contributed by atoms with Gasteiger partial charge in [-0.05, 0) is 63.1 Å². The Labute approximate surface area is 156 Å². The summed E-state index contributed by atoms with van der Waals surface area (Å²) in [5.74, 6) is -4.36. The number of hydrogen-bond acceptors (Lipinski definition) is 5. The van der Waals surface area contributed by atoms with Gasteiger partial charge in [0.1, 0.15) is 0 Å². The van der Waals surface area contributed by atoms with Crippen LogP contribution in [-0.4, -0.2) is 27.0 Å². The Morgan fingerprint density at radius 3 is 2.77 bits per heavy atom. The summed E-state index contributed by atoms with van der Waals surface area (Å²) >= 11 is 4.09. The largest absolute Gasteiger partial charge is 0.462 e. The molecule has 3 rings (SSSR count). The maximum absolute atomic E-state index is 15.1. The molecular formula is C18H21F2N3O2S. The molecule has 0 radical (unpaired) electrons. The molecule has 5 nitrogen and oxygen atoms in total. The second-order valence-electron chi connectivity index (χ2n) is 6.46. The number of hydrogen-bond donors (Lipinski definition) is 1. The molecule has 140 valence electrons. The van der Waals surface area contributed by atoms with Gasteiger partial charge in [-0.25, -0.2) is 4.79 Å². The van der Waals surface area contributed by atoms with Crippen LogP contribution in [0.5, 0.6) is 0 Å². The molecule has 8 heteroatoms. The molecule has 1 aliphatic rings. The van der Waals surface area contributed by atoms with Crippen LogP contribution in [-0.2, 0) is 23.5 Å². The number of carbonyl (C=O) groups excluding carboxylic acids is 1. The first kappa shape index (κ1) is 18.8. The van der Waals surface area contributed by atoms with Crippen LogP contribution in [0.1, 0.15) is 53.5 Å². The van der Waals surface area contributed by atoms with E-state index in [1.807, 2.05) is 0 Å². The SMILES string of the molecule is CCOC(=O)c1ccc(CC2CCCCc3c(nnn3S)C2(F)F)cc1. The first-order chi connectivity index (χ1) is 12.4. The summed E-state index contributed by atoms with van der Waals surface area (Å²) in [7, 11) is 0. The summed E-state index contributed by atoms with van der Waals surface area (Å²) in [6, 6.07) is 6.64. The van der Waals surface area contributed by atoms with E-state index < -0.39 is 17.8 Å². The minimum Gasteiger partial charge on any atom is -0.462 e. The van der Waals surface area contributed by atoms with Crippen molar-refractivity contribution in [1.82, 2.24) is 14.4 Å². The predicted octanol–water partition coefficient (Wildman–Crippen LogP) is 3.82. The molecular weight excluding hydrogens is 360 g/mol. The van der Waals surface area contributed by atoms with Crippen molar-refractivity contribution < 1.29 is 18.3 Å². The van der Waals surface area contributed by atoms with E-state index in [0.29, 0.717) is 37.1 Å². The molecule has 0 bridgehead atoms. The number of rotatable bonds is 4. The van der Waals surface area contributed by atoms with Gasteiger partial charge in [0.2, 0.25) is 0 Å². The van der Waals surface area contributed by atoms with Crippen molar-refractivity contribution in [2.75, 3.05) is 6.61 Å². The lowest BCUT2D eigenvalue weighted by Gasteiger charge is -2.28. The third-order valence-corrected chi connectivity index (χ3v) is 5.06. The van der Waals surface area contributed by atoms with Crippen molar-refractivity contribution in [1.29, 1.82) is 0 Å². The number of ether oxygens (including phenoxy) is 1. The van der Waals surface area contributed by atoms with Crippen molar-refractivity contribution in [3.8, 4) is 0 Å². The Hall–Kier alpha value is -1.96. The monoisotopic (exact) mass is 381 g/mol. The van der Waals surface area contributed by atoms with E-state index in [9.17, 15) is 4.79 Å². The highest BCUT2D eigenvalue weighted by Crippen LogP contribution is 2.43. The molecule has 26 heavy (non-hydrogen) atoms. The second kappa shape index (κ2) is 7.73. The lowest BCUT2D eigenvalue weighted by molar-refractivity contribution is -0.0750. The Balaban J connectivity index is 1.81. The quantitative estimate of drug-likeness (QED) is 0.646. The van der Waals surface area contributed by atoms with E-state index >= 15 is 8.78 Å². The van der Waals surface area contributed by atoms with Crippen LogP contribution in [0.15, 0.2) is 24.3 Å². The number of fused-ring (bicyclic) bond motifs is 1. The van der Waals surface area contributed by atoms with Crippen molar-refractivity contribution >= 4 is 18.8 Å². The van der Waals surface area contributed by atoms with E-state index in [1.165, 1.54) is 0 Å². The molecule has 0 spiro atoms. The second-order valence-corrected chi connectivity index (χ2v) is 6.84. The zero-order valence-corrected chi connectivity index (χ0v) is 15.4. The van der Waals surface area contributed by atoms with Crippen molar-refractivity contribution in [3.63, 3.8) is 0 Å². The fourth-order valence-corrected chi connectivity index (χ4v) is 3.57. The topological polar surface area (TPSA) is 57.0 Å². The third-order valence-electron chi connectivity index (χ3n) is 4.74. The molecule has 0 N–H and O–H groups in total. The number of aromatic nitrogens is 3.